The molecular weight excluding hydrogens is 308 g/mol. The van der Waals surface area contributed by atoms with E-state index in [1.807, 2.05) is 0 Å². The maximum Gasteiger partial charge on any atom is 0.387 e. The Balaban J connectivity index is 2.04. The molecule has 1 aliphatic rings. The van der Waals surface area contributed by atoms with Gasteiger partial charge in [0.15, 0.2) is 0 Å². The largest absolute Gasteiger partial charge is 0.435 e. The van der Waals surface area contributed by atoms with Gasteiger partial charge in [-0.2, -0.15) is 8.78 Å². The zero-order valence-corrected chi connectivity index (χ0v) is 12.5. The van der Waals surface area contributed by atoms with Crippen molar-refractivity contribution in [3.63, 3.8) is 0 Å². The fourth-order valence-corrected chi connectivity index (χ4v) is 2.47. The van der Waals surface area contributed by atoms with Gasteiger partial charge in [0.1, 0.15) is 11.8 Å². The summed E-state index contributed by atoms with van der Waals surface area (Å²) in [5, 5.41) is 2.67. The molecule has 8 heteroatoms. The Bertz CT molecular complexity index is 551. The number of nitrogens with two attached hydrogens (primary N) is 1. The average Bonchev–Trinajstić information content (AvgIpc) is 2.50. The number of piperidine rings is 1. The third-order valence-corrected chi connectivity index (χ3v) is 3.52. The molecule has 2 amide bonds. The summed E-state index contributed by atoms with van der Waals surface area (Å²) in [6, 6.07) is 5.26. The number of nitrogens with zero attached hydrogens (tertiary/aromatic N) is 1. The Morgan fingerprint density at radius 1 is 1.39 bits per heavy atom. The molecule has 1 fully saturated rings. The molecule has 1 atom stereocenters. The number of nitrogens with one attached hydrogen (secondary N) is 1. The second-order valence-electron chi connectivity index (χ2n) is 5.16. The van der Waals surface area contributed by atoms with Crippen molar-refractivity contribution in [2.45, 2.75) is 31.9 Å². The maximum atomic E-state index is 12.5. The Morgan fingerprint density at radius 2 is 2.09 bits per heavy atom. The number of carbonyl (C=O) groups is 2. The van der Waals surface area contributed by atoms with Crippen molar-refractivity contribution in [1.82, 2.24) is 5.32 Å². The molecule has 0 saturated carbocycles. The normalized spacial score (nSPS) is 18.2. The van der Waals surface area contributed by atoms with E-state index in [1.54, 1.807) is 12.1 Å². The number of rotatable bonds is 6. The fraction of sp³-hybridized carbons (Fsp3) is 0.467. The van der Waals surface area contributed by atoms with Crippen LogP contribution in [0, 0.1) is 0 Å². The van der Waals surface area contributed by atoms with E-state index in [0.717, 1.165) is 6.42 Å². The summed E-state index contributed by atoms with van der Waals surface area (Å²) < 4.78 is 28.6. The van der Waals surface area contributed by atoms with Crippen LogP contribution in [0.5, 0.6) is 5.75 Å². The van der Waals surface area contributed by atoms with E-state index in [9.17, 15) is 18.4 Å². The second kappa shape index (κ2) is 7.87. The van der Waals surface area contributed by atoms with Gasteiger partial charge >= 0.3 is 6.61 Å². The van der Waals surface area contributed by atoms with Gasteiger partial charge in [0.05, 0.1) is 0 Å². The lowest BCUT2D eigenvalue weighted by Crippen LogP contribution is -2.52. The third kappa shape index (κ3) is 4.62. The van der Waals surface area contributed by atoms with Crippen LogP contribution in [0.2, 0.25) is 0 Å². The zero-order valence-electron chi connectivity index (χ0n) is 12.5. The molecule has 23 heavy (non-hydrogen) atoms. The van der Waals surface area contributed by atoms with E-state index in [-0.39, 0.29) is 30.5 Å². The lowest BCUT2D eigenvalue weighted by Gasteiger charge is -2.32. The van der Waals surface area contributed by atoms with Crippen LogP contribution in [-0.4, -0.2) is 37.6 Å². The van der Waals surface area contributed by atoms with Gasteiger partial charge in [-0.3, -0.25) is 9.59 Å². The molecule has 1 aromatic rings. The van der Waals surface area contributed by atoms with Crippen LogP contribution in [0.15, 0.2) is 24.3 Å². The topological polar surface area (TPSA) is 84.7 Å². The number of carbonyl (C=O) groups excluding carboxylic acids is 2. The van der Waals surface area contributed by atoms with E-state index in [4.69, 9.17) is 5.73 Å². The van der Waals surface area contributed by atoms with Crippen LogP contribution in [0.1, 0.15) is 19.3 Å². The highest BCUT2D eigenvalue weighted by Crippen LogP contribution is 2.24. The van der Waals surface area contributed by atoms with Crippen molar-refractivity contribution >= 4 is 17.5 Å². The van der Waals surface area contributed by atoms with Gasteiger partial charge in [0.2, 0.25) is 11.8 Å². The molecule has 1 saturated heterocycles. The SMILES string of the molecule is NCCC(=O)NC1CCCN(c2ccc(OC(F)F)cc2)C1=O. The molecule has 1 aromatic carbocycles. The number of benzene rings is 1. The summed E-state index contributed by atoms with van der Waals surface area (Å²) in [6.45, 7) is -2.15. The zero-order chi connectivity index (χ0) is 16.8. The molecule has 1 unspecified atom stereocenters. The van der Waals surface area contributed by atoms with Gasteiger partial charge in [-0.1, -0.05) is 0 Å². The standard InChI is InChI=1S/C15H19F2N3O3/c16-15(17)23-11-5-3-10(4-6-11)20-9-1-2-12(14(20)22)19-13(21)7-8-18/h3-6,12,15H,1-2,7-9,18H2,(H,19,21). The lowest BCUT2D eigenvalue weighted by atomic mass is 10.0. The minimum atomic E-state index is -2.89. The Morgan fingerprint density at radius 3 is 2.70 bits per heavy atom. The number of halogens is 2. The summed E-state index contributed by atoms with van der Waals surface area (Å²) in [5.41, 5.74) is 5.89. The molecular formula is C15H19F2N3O3. The number of ether oxygens (including phenoxy) is 1. The van der Waals surface area contributed by atoms with Crippen LogP contribution in [-0.2, 0) is 9.59 Å². The van der Waals surface area contributed by atoms with Gasteiger partial charge in [-0.15, -0.1) is 0 Å². The first kappa shape index (κ1) is 17.1. The minimum Gasteiger partial charge on any atom is -0.435 e. The molecule has 126 valence electrons. The maximum absolute atomic E-state index is 12.5. The first-order valence-corrected chi connectivity index (χ1v) is 7.37. The predicted molar refractivity (Wildman–Crippen MR) is 80.3 cm³/mol. The summed E-state index contributed by atoms with van der Waals surface area (Å²) in [7, 11) is 0. The van der Waals surface area contributed by atoms with Gasteiger partial charge in [-0.05, 0) is 37.1 Å². The molecule has 0 aromatic heterocycles. The van der Waals surface area contributed by atoms with Crippen LogP contribution in [0.3, 0.4) is 0 Å². The van der Waals surface area contributed by atoms with E-state index in [0.29, 0.717) is 18.7 Å². The third-order valence-electron chi connectivity index (χ3n) is 3.52. The fourth-order valence-electron chi connectivity index (χ4n) is 2.47. The average molecular weight is 327 g/mol. The smallest absolute Gasteiger partial charge is 0.387 e. The van der Waals surface area contributed by atoms with Crippen molar-refractivity contribution in [2.75, 3.05) is 18.0 Å². The van der Waals surface area contributed by atoms with E-state index in [2.05, 4.69) is 10.1 Å². The van der Waals surface area contributed by atoms with E-state index < -0.39 is 12.7 Å². The van der Waals surface area contributed by atoms with Crippen LogP contribution >= 0.6 is 0 Å². The number of hydrogen-bond donors (Lipinski definition) is 2. The summed E-state index contributed by atoms with van der Waals surface area (Å²) in [6.07, 6.45) is 1.47. The molecule has 6 nitrogen and oxygen atoms in total. The Labute approximate surface area is 132 Å². The first-order valence-electron chi connectivity index (χ1n) is 7.37. The number of amides is 2. The molecule has 0 radical (unpaired) electrons. The van der Waals surface area contributed by atoms with Crippen LogP contribution in [0.25, 0.3) is 0 Å². The summed E-state index contributed by atoms with van der Waals surface area (Å²) >= 11 is 0. The monoisotopic (exact) mass is 327 g/mol. The highest BCUT2D eigenvalue weighted by Gasteiger charge is 2.30. The number of alkyl halides is 2. The summed E-state index contributed by atoms with van der Waals surface area (Å²) in [4.78, 5) is 25.6. The van der Waals surface area contributed by atoms with Crippen molar-refractivity contribution in [3.05, 3.63) is 24.3 Å². The van der Waals surface area contributed by atoms with Crippen LogP contribution < -0.4 is 20.7 Å². The van der Waals surface area contributed by atoms with Gasteiger partial charge in [0.25, 0.3) is 0 Å². The highest BCUT2D eigenvalue weighted by molar-refractivity contribution is 5.99. The molecule has 3 N–H and O–H groups in total. The van der Waals surface area contributed by atoms with Crippen molar-refractivity contribution in [1.29, 1.82) is 0 Å². The van der Waals surface area contributed by atoms with Gasteiger partial charge in [0, 0.05) is 25.2 Å². The van der Waals surface area contributed by atoms with E-state index in [1.165, 1.54) is 17.0 Å². The molecule has 0 aliphatic carbocycles. The van der Waals surface area contributed by atoms with Crippen molar-refractivity contribution in [3.8, 4) is 5.75 Å². The van der Waals surface area contributed by atoms with E-state index >= 15 is 0 Å². The lowest BCUT2D eigenvalue weighted by molar-refractivity contribution is -0.128. The Hall–Kier alpha value is -2.22. The molecule has 0 bridgehead atoms. The minimum absolute atomic E-state index is 0.0287. The molecule has 1 heterocycles. The van der Waals surface area contributed by atoms with Crippen LogP contribution in [0.4, 0.5) is 14.5 Å². The highest BCUT2D eigenvalue weighted by atomic mass is 19.3. The number of hydrogen-bond acceptors (Lipinski definition) is 4. The quantitative estimate of drug-likeness (QED) is 0.823. The van der Waals surface area contributed by atoms with Gasteiger partial charge in [-0.25, -0.2) is 0 Å². The second-order valence-corrected chi connectivity index (χ2v) is 5.16. The first-order chi connectivity index (χ1) is 11.0. The van der Waals surface area contributed by atoms with Crippen molar-refractivity contribution < 1.29 is 23.1 Å². The predicted octanol–water partition coefficient (Wildman–Crippen LogP) is 1.25. The Kier molecular flexibility index (Phi) is 5.86. The van der Waals surface area contributed by atoms with Gasteiger partial charge < -0.3 is 20.7 Å². The van der Waals surface area contributed by atoms with Crippen molar-refractivity contribution in [2.24, 2.45) is 5.73 Å². The molecule has 2 rings (SSSR count). The number of anilines is 1. The molecule has 0 spiro atoms. The molecule has 1 aliphatic heterocycles. The summed E-state index contributed by atoms with van der Waals surface area (Å²) in [5.74, 6) is -0.446.